The van der Waals surface area contributed by atoms with E-state index in [9.17, 15) is 0 Å². The maximum Gasteiger partial charge on any atom is 0.130 e. The molecular weight excluding hydrogens is 164 g/mol. The van der Waals surface area contributed by atoms with Gasteiger partial charge in [0.25, 0.3) is 0 Å². The average molecular weight is 172 g/mol. The fourth-order valence-corrected chi connectivity index (χ4v) is 0.948. The third kappa shape index (κ3) is 1.99. The van der Waals surface area contributed by atoms with Crippen molar-refractivity contribution in [3.05, 3.63) is 43.1 Å². The highest BCUT2D eigenvalue weighted by Crippen LogP contribution is 2.09. The Morgan fingerprint density at radius 1 is 1.08 bits per heavy atom. The van der Waals surface area contributed by atoms with Crippen LogP contribution >= 0.6 is 0 Å². The first kappa shape index (κ1) is 7.67. The SMILES string of the molecule is c1ccc(Nc2cncnc2)nc1. The van der Waals surface area contributed by atoms with Gasteiger partial charge in [-0.2, -0.15) is 0 Å². The second kappa shape index (κ2) is 3.62. The van der Waals surface area contributed by atoms with Gasteiger partial charge >= 0.3 is 0 Å². The molecule has 0 saturated carbocycles. The Morgan fingerprint density at radius 2 is 1.92 bits per heavy atom. The summed E-state index contributed by atoms with van der Waals surface area (Å²) in [5.41, 5.74) is 0.834. The molecule has 0 radical (unpaired) electrons. The summed E-state index contributed by atoms with van der Waals surface area (Å²) in [7, 11) is 0. The van der Waals surface area contributed by atoms with Crippen molar-refractivity contribution in [3.63, 3.8) is 0 Å². The third-order valence-corrected chi connectivity index (χ3v) is 1.50. The van der Waals surface area contributed by atoms with Gasteiger partial charge in [-0.15, -0.1) is 0 Å². The summed E-state index contributed by atoms with van der Waals surface area (Å²) in [5.74, 6) is 0.789. The summed E-state index contributed by atoms with van der Waals surface area (Å²) in [6, 6.07) is 5.67. The van der Waals surface area contributed by atoms with Crippen LogP contribution in [-0.2, 0) is 0 Å². The van der Waals surface area contributed by atoms with Crippen molar-refractivity contribution in [1.82, 2.24) is 15.0 Å². The number of aromatic nitrogens is 3. The third-order valence-electron chi connectivity index (χ3n) is 1.50. The molecule has 13 heavy (non-hydrogen) atoms. The van der Waals surface area contributed by atoms with Gasteiger partial charge in [0.05, 0.1) is 18.1 Å². The maximum atomic E-state index is 4.11. The fraction of sp³-hybridized carbons (Fsp3) is 0. The van der Waals surface area contributed by atoms with E-state index in [1.54, 1.807) is 18.6 Å². The Morgan fingerprint density at radius 3 is 2.62 bits per heavy atom. The topological polar surface area (TPSA) is 50.7 Å². The van der Waals surface area contributed by atoms with Gasteiger partial charge in [0.15, 0.2) is 0 Å². The summed E-state index contributed by atoms with van der Waals surface area (Å²) < 4.78 is 0. The first-order chi connectivity index (χ1) is 6.45. The lowest BCUT2D eigenvalue weighted by atomic mass is 10.4. The molecule has 0 aliphatic heterocycles. The molecule has 0 aliphatic carbocycles. The van der Waals surface area contributed by atoms with Crippen LogP contribution in [0.5, 0.6) is 0 Å². The number of hydrogen-bond acceptors (Lipinski definition) is 4. The van der Waals surface area contributed by atoms with Gasteiger partial charge in [0.2, 0.25) is 0 Å². The van der Waals surface area contributed by atoms with Crippen LogP contribution in [0.15, 0.2) is 43.1 Å². The Balaban J connectivity index is 2.16. The van der Waals surface area contributed by atoms with E-state index in [0.717, 1.165) is 11.5 Å². The molecule has 2 heterocycles. The van der Waals surface area contributed by atoms with Crippen LogP contribution in [0.4, 0.5) is 11.5 Å². The van der Waals surface area contributed by atoms with E-state index in [-0.39, 0.29) is 0 Å². The monoisotopic (exact) mass is 172 g/mol. The maximum absolute atomic E-state index is 4.11. The fourth-order valence-electron chi connectivity index (χ4n) is 0.948. The minimum atomic E-state index is 0.789. The number of nitrogens with one attached hydrogen (secondary N) is 1. The van der Waals surface area contributed by atoms with Gasteiger partial charge in [0.1, 0.15) is 12.1 Å². The first-order valence-electron chi connectivity index (χ1n) is 3.88. The summed E-state index contributed by atoms with van der Waals surface area (Å²) in [6.07, 6.45) is 6.61. The van der Waals surface area contributed by atoms with Crippen molar-refractivity contribution in [1.29, 1.82) is 0 Å². The lowest BCUT2D eigenvalue weighted by Gasteiger charge is -2.02. The number of pyridine rings is 1. The molecule has 0 aromatic carbocycles. The predicted octanol–water partition coefficient (Wildman–Crippen LogP) is 1.62. The molecule has 4 nitrogen and oxygen atoms in total. The molecule has 0 aliphatic rings. The standard InChI is InChI=1S/C9H8N4/c1-2-4-12-9(3-1)13-8-5-10-7-11-6-8/h1-7H,(H,12,13). The predicted molar refractivity (Wildman–Crippen MR) is 49.6 cm³/mol. The van der Waals surface area contributed by atoms with Crippen molar-refractivity contribution >= 4 is 11.5 Å². The van der Waals surface area contributed by atoms with E-state index in [1.807, 2.05) is 18.2 Å². The highest BCUT2D eigenvalue weighted by atomic mass is 15.0. The van der Waals surface area contributed by atoms with E-state index in [1.165, 1.54) is 6.33 Å². The van der Waals surface area contributed by atoms with E-state index in [0.29, 0.717) is 0 Å². The van der Waals surface area contributed by atoms with E-state index >= 15 is 0 Å². The van der Waals surface area contributed by atoms with Crippen molar-refractivity contribution in [3.8, 4) is 0 Å². The molecular formula is C9H8N4. The van der Waals surface area contributed by atoms with Crippen LogP contribution in [0.3, 0.4) is 0 Å². The zero-order valence-corrected chi connectivity index (χ0v) is 6.88. The van der Waals surface area contributed by atoms with Crippen LogP contribution in [0.2, 0.25) is 0 Å². The second-order valence-corrected chi connectivity index (χ2v) is 2.47. The molecule has 0 saturated heterocycles. The van der Waals surface area contributed by atoms with Crippen LogP contribution in [-0.4, -0.2) is 15.0 Å². The molecule has 64 valence electrons. The summed E-state index contributed by atoms with van der Waals surface area (Å²) in [4.78, 5) is 11.9. The molecule has 2 aromatic rings. The van der Waals surface area contributed by atoms with Crippen molar-refractivity contribution in [2.45, 2.75) is 0 Å². The van der Waals surface area contributed by atoms with Gasteiger partial charge in [0, 0.05) is 6.20 Å². The van der Waals surface area contributed by atoms with E-state index in [2.05, 4.69) is 20.3 Å². The van der Waals surface area contributed by atoms with Crippen LogP contribution < -0.4 is 5.32 Å². The van der Waals surface area contributed by atoms with Gasteiger partial charge in [-0.1, -0.05) is 6.07 Å². The zero-order chi connectivity index (χ0) is 8.93. The minimum absolute atomic E-state index is 0.789. The molecule has 0 unspecified atom stereocenters. The first-order valence-corrected chi connectivity index (χ1v) is 3.88. The number of nitrogens with zero attached hydrogens (tertiary/aromatic N) is 3. The smallest absolute Gasteiger partial charge is 0.130 e. The molecule has 0 spiro atoms. The van der Waals surface area contributed by atoms with E-state index < -0.39 is 0 Å². The van der Waals surface area contributed by atoms with Gasteiger partial charge < -0.3 is 5.32 Å². The van der Waals surface area contributed by atoms with Crippen LogP contribution in [0, 0.1) is 0 Å². The average Bonchev–Trinajstić information content (AvgIpc) is 2.21. The molecule has 2 aromatic heterocycles. The van der Waals surface area contributed by atoms with Crippen LogP contribution in [0.25, 0.3) is 0 Å². The van der Waals surface area contributed by atoms with Crippen molar-refractivity contribution in [2.75, 3.05) is 5.32 Å². The number of rotatable bonds is 2. The molecule has 4 heteroatoms. The summed E-state index contributed by atoms with van der Waals surface area (Å²) >= 11 is 0. The van der Waals surface area contributed by atoms with Gasteiger partial charge in [-0.25, -0.2) is 15.0 Å². The lowest BCUT2D eigenvalue weighted by Crippen LogP contribution is -1.93. The van der Waals surface area contributed by atoms with Crippen molar-refractivity contribution < 1.29 is 0 Å². The second-order valence-electron chi connectivity index (χ2n) is 2.47. The molecule has 0 atom stereocenters. The molecule has 2 rings (SSSR count). The van der Waals surface area contributed by atoms with Gasteiger partial charge in [-0.05, 0) is 12.1 Å². The lowest BCUT2D eigenvalue weighted by molar-refractivity contribution is 1.16. The largest absolute Gasteiger partial charge is 0.338 e. The Bertz CT molecular complexity index is 322. The molecule has 1 N–H and O–H groups in total. The summed E-state index contributed by atoms with van der Waals surface area (Å²) in [6.45, 7) is 0. The Kier molecular flexibility index (Phi) is 2.14. The quantitative estimate of drug-likeness (QED) is 0.747. The number of anilines is 2. The van der Waals surface area contributed by atoms with Crippen molar-refractivity contribution in [2.24, 2.45) is 0 Å². The van der Waals surface area contributed by atoms with E-state index in [4.69, 9.17) is 0 Å². The van der Waals surface area contributed by atoms with Gasteiger partial charge in [-0.3, -0.25) is 0 Å². The molecule has 0 fully saturated rings. The highest BCUT2D eigenvalue weighted by Gasteiger charge is 1.92. The minimum Gasteiger partial charge on any atom is -0.338 e. The zero-order valence-electron chi connectivity index (χ0n) is 6.88. The molecule has 0 amide bonds. The Hall–Kier alpha value is -1.97. The normalized spacial score (nSPS) is 9.54. The highest BCUT2D eigenvalue weighted by molar-refractivity contribution is 5.52. The number of hydrogen-bond donors (Lipinski definition) is 1. The molecule has 0 bridgehead atoms. The van der Waals surface area contributed by atoms with Crippen LogP contribution in [0.1, 0.15) is 0 Å². The Labute approximate surface area is 75.7 Å². The summed E-state index contributed by atoms with van der Waals surface area (Å²) in [5, 5.41) is 3.07.